The van der Waals surface area contributed by atoms with Gasteiger partial charge in [0.25, 0.3) is 5.56 Å². The van der Waals surface area contributed by atoms with Crippen LogP contribution in [0, 0.1) is 5.82 Å². The van der Waals surface area contributed by atoms with Gasteiger partial charge in [-0.2, -0.15) is 0 Å². The molecule has 1 fully saturated rings. The predicted molar refractivity (Wildman–Crippen MR) is 123 cm³/mol. The van der Waals surface area contributed by atoms with Crippen LogP contribution < -0.4 is 16.2 Å². The maximum Gasteiger partial charge on any atom is 0.261 e. The number of nitrogens with one attached hydrogen (secondary N) is 2. The van der Waals surface area contributed by atoms with E-state index in [9.17, 15) is 9.18 Å². The first-order valence-electron chi connectivity index (χ1n) is 10.6. The first-order chi connectivity index (χ1) is 15.0. The first kappa shape index (κ1) is 19.6. The van der Waals surface area contributed by atoms with Crippen molar-refractivity contribution in [2.24, 2.45) is 0 Å². The van der Waals surface area contributed by atoms with Crippen LogP contribution in [0.2, 0.25) is 0 Å². The molecule has 31 heavy (non-hydrogen) atoms. The zero-order chi connectivity index (χ0) is 21.5. The molecule has 1 saturated heterocycles. The number of nitrogen functional groups attached to an aromatic ring is 1. The van der Waals surface area contributed by atoms with E-state index in [1.807, 2.05) is 6.07 Å². The lowest BCUT2D eigenvalue weighted by molar-refractivity contribution is 0.310. The van der Waals surface area contributed by atoms with Gasteiger partial charge < -0.3 is 25.5 Å². The zero-order valence-corrected chi connectivity index (χ0v) is 17.4. The van der Waals surface area contributed by atoms with Gasteiger partial charge in [0.1, 0.15) is 17.2 Å². The summed E-state index contributed by atoms with van der Waals surface area (Å²) >= 11 is 0. The number of anilines is 2. The Morgan fingerprint density at radius 2 is 1.97 bits per heavy atom. The largest absolute Gasteiger partial charge is 0.397 e. The number of imidazole rings is 1. The number of pyridine rings is 1. The molecule has 7 nitrogen and oxygen atoms in total. The van der Waals surface area contributed by atoms with Crippen molar-refractivity contribution in [3.8, 4) is 11.4 Å². The quantitative estimate of drug-likeness (QED) is 0.473. The van der Waals surface area contributed by atoms with E-state index in [0.29, 0.717) is 11.3 Å². The number of fused-ring (bicyclic) bond motifs is 2. The van der Waals surface area contributed by atoms with Gasteiger partial charge in [-0.15, -0.1) is 0 Å². The Hall–Kier alpha value is -3.39. The summed E-state index contributed by atoms with van der Waals surface area (Å²) in [6.07, 6.45) is 1.12. The van der Waals surface area contributed by atoms with Gasteiger partial charge in [0, 0.05) is 25.3 Å². The normalized spacial score (nSPS) is 15.6. The molecule has 0 bridgehead atoms. The second kappa shape index (κ2) is 7.70. The summed E-state index contributed by atoms with van der Waals surface area (Å²) in [4.78, 5) is 28.1. The molecule has 8 heteroatoms. The van der Waals surface area contributed by atoms with Crippen molar-refractivity contribution in [2.45, 2.75) is 13.3 Å². The second-order valence-corrected chi connectivity index (χ2v) is 7.97. The minimum atomic E-state index is -0.479. The minimum absolute atomic E-state index is 0.0864. The number of H-pyrrole nitrogens is 2. The molecule has 2 aromatic carbocycles. The van der Waals surface area contributed by atoms with Crippen molar-refractivity contribution in [3.05, 3.63) is 52.6 Å². The molecular formula is C23H25FN6O. The summed E-state index contributed by atoms with van der Waals surface area (Å²) in [5.41, 5.74) is 9.11. The molecule has 1 aliphatic heterocycles. The van der Waals surface area contributed by atoms with Crippen molar-refractivity contribution in [1.29, 1.82) is 0 Å². The third kappa shape index (κ3) is 3.42. The van der Waals surface area contributed by atoms with Crippen LogP contribution >= 0.6 is 0 Å². The van der Waals surface area contributed by atoms with Crippen molar-refractivity contribution in [2.75, 3.05) is 43.4 Å². The summed E-state index contributed by atoms with van der Waals surface area (Å²) in [6.45, 7) is 7.39. The topological polar surface area (TPSA) is 94.0 Å². The molecule has 0 atom stereocenters. The summed E-state index contributed by atoms with van der Waals surface area (Å²) in [6, 6.07) is 10.6. The molecule has 4 N–H and O–H groups in total. The van der Waals surface area contributed by atoms with Gasteiger partial charge in [-0.3, -0.25) is 4.79 Å². The van der Waals surface area contributed by atoms with E-state index in [-0.39, 0.29) is 16.6 Å². The van der Waals surface area contributed by atoms with Gasteiger partial charge in [0.2, 0.25) is 0 Å². The molecule has 5 rings (SSSR count). The summed E-state index contributed by atoms with van der Waals surface area (Å²) in [7, 11) is 0. The average Bonchev–Trinajstić information content (AvgIpc) is 3.01. The van der Waals surface area contributed by atoms with Gasteiger partial charge in [0.05, 0.1) is 27.6 Å². The van der Waals surface area contributed by atoms with Gasteiger partial charge in [-0.1, -0.05) is 13.0 Å². The highest BCUT2D eigenvalue weighted by Gasteiger charge is 2.19. The highest BCUT2D eigenvalue weighted by atomic mass is 19.1. The molecule has 2 aromatic heterocycles. The molecule has 1 aliphatic rings. The number of benzene rings is 2. The van der Waals surface area contributed by atoms with E-state index >= 15 is 0 Å². The Balaban J connectivity index is 1.56. The van der Waals surface area contributed by atoms with E-state index in [1.54, 1.807) is 6.07 Å². The number of hydrogen-bond acceptors (Lipinski definition) is 5. The van der Waals surface area contributed by atoms with E-state index in [2.05, 4.69) is 43.8 Å². The average molecular weight is 420 g/mol. The van der Waals surface area contributed by atoms with Gasteiger partial charge in [-0.05, 0) is 49.8 Å². The van der Waals surface area contributed by atoms with Crippen molar-refractivity contribution in [3.63, 3.8) is 0 Å². The first-order valence-corrected chi connectivity index (χ1v) is 10.6. The molecular weight excluding hydrogens is 395 g/mol. The predicted octanol–water partition coefficient (Wildman–Crippen LogP) is 3.32. The standard InChI is InChI=1S/C23H25FN6O/c1-2-29-9-4-10-30(12-11-29)14-7-8-16-18(13-14)27-22(26-16)20-21(25)19-15(24)5-3-6-17(19)28-23(20)31/h3,5-8,13H,2,4,9-12H2,1H3,(H,26,27)(H3,25,28,31). The Bertz CT molecular complexity index is 1330. The number of halogens is 1. The van der Waals surface area contributed by atoms with Gasteiger partial charge in [0.15, 0.2) is 0 Å². The van der Waals surface area contributed by atoms with Crippen LogP contribution in [0.25, 0.3) is 33.3 Å². The number of aromatic amines is 2. The number of nitrogens with zero attached hydrogens (tertiary/aromatic N) is 3. The molecule has 0 radical (unpaired) electrons. The van der Waals surface area contributed by atoms with Crippen LogP contribution in [0.15, 0.2) is 41.2 Å². The monoisotopic (exact) mass is 420 g/mol. The van der Waals surface area contributed by atoms with E-state index in [0.717, 1.165) is 55.9 Å². The van der Waals surface area contributed by atoms with E-state index < -0.39 is 11.4 Å². The van der Waals surface area contributed by atoms with Crippen LogP contribution in [0.4, 0.5) is 15.8 Å². The van der Waals surface area contributed by atoms with Crippen LogP contribution in [-0.4, -0.2) is 52.6 Å². The number of aromatic nitrogens is 3. The minimum Gasteiger partial charge on any atom is -0.397 e. The molecule has 4 aromatic rings. The Morgan fingerprint density at radius 3 is 2.81 bits per heavy atom. The van der Waals surface area contributed by atoms with Crippen molar-refractivity contribution >= 4 is 33.3 Å². The van der Waals surface area contributed by atoms with Crippen molar-refractivity contribution < 1.29 is 4.39 Å². The molecule has 0 spiro atoms. The maximum atomic E-state index is 14.4. The van der Waals surface area contributed by atoms with E-state index in [4.69, 9.17) is 5.73 Å². The Labute approximate surface area is 178 Å². The molecule has 3 heterocycles. The number of nitrogens with two attached hydrogens (primary N) is 1. The summed E-state index contributed by atoms with van der Waals surface area (Å²) < 4.78 is 14.4. The molecule has 0 unspecified atom stereocenters. The fourth-order valence-electron chi connectivity index (χ4n) is 4.43. The lowest BCUT2D eigenvalue weighted by atomic mass is 10.1. The number of rotatable bonds is 3. The number of likely N-dealkylation sites (N-methyl/N-ethyl adjacent to an activating group) is 1. The van der Waals surface area contributed by atoms with Crippen LogP contribution in [0.3, 0.4) is 0 Å². The lowest BCUT2D eigenvalue weighted by Crippen LogP contribution is -2.30. The van der Waals surface area contributed by atoms with Crippen LogP contribution in [-0.2, 0) is 0 Å². The fraction of sp³-hybridized carbons (Fsp3) is 0.304. The summed E-state index contributed by atoms with van der Waals surface area (Å²) in [5.74, 6) is -0.141. The molecule has 0 saturated carbocycles. The third-order valence-corrected chi connectivity index (χ3v) is 6.13. The van der Waals surface area contributed by atoms with Crippen LogP contribution in [0.1, 0.15) is 13.3 Å². The smallest absolute Gasteiger partial charge is 0.261 e. The molecule has 0 amide bonds. The van der Waals surface area contributed by atoms with Crippen molar-refractivity contribution in [1.82, 2.24) is 19.9 Å². The summed E-state index contributed by atoms with van der Waals surface area (Å²) in [5, 5.41) is 0.197. The number of hydrogen-bond donors (Lipinski definition) is 3. The van der Waals surface area contributed by atoms with E-state index in [1.165, 1.54) is 12.1 Å². The second-order valence-electron chi connectivity index (χ2n) is 7.97. The Kier molecular flexibility index (Phi) is 4.86. The maximum absolute atomic E-state index is 14.4. The highest BCUT2D eigenvalue weighted by molar-refractivity contribution is 5.98. The SMILES string of the molecule is CCN1CCCN(c2ccc3nc(-c4c(N)c5c(F)cccc5[nH]c4=O)[nH]c3c2)CC1. The fourth-order valence-corrected chi connectivity index (χ4v) is 4.43. The highest BCUT2D eigenvalue weighted by Crippen LogP contribution is 2.30. The van der Waals surface area contributed by atoms with Gasteiger partial charge >= 0.3 is 0 Å². The molecule has 0 aliphatic carbocycles. The van der Waals surface area contributed by atoms with Gasteiger partial charge in [-0.25, -0.2) is 9.37 Å². The lowest BCUT2D eigenvalue weighted by Gasteiger charge is -2.23. The van der Waals surface area contributed by atoms with Crippen LogP contribution in [0.5, 0.6) is 0 Å². The zero-order valence-electron chi connectivity index (χ0n) is 17.4. The molecule has 160 valence electrons. The Morgan fingerprint density at radius 1 is 1.10 bits per heavy atom. The third-order valence-electron chi connectivity index (χ3n) is 6.13.